The molecule has 6 nitrogen and oxygen atoms in total. The van der Waals surface area contributed by atoms with Gasteiger partial charge in [-0.3, -0.25) is 0 Å². The van der Waals surface area contributed by atoms with E-state index in [-0.39, 0.29) is 17.8 Å². The second-order valence-corrected chi connectivity index (χ2v) is 10.3. The van der Waals surface area contributed by atoms with Crippen molar-refractivity contribution in [3.05, 3.63) is 142 Å². The van der Waals surface area contributed by atoms with Crippen molar-refractivity contribution in [2.45, 2.75) is 38.9 Å². The molecule has 9 heteroatoms. The monoisotopic (exact) mass is 576 g/mol. The van der Waals surface area contributed by atoms with Crippen LogP contribution in [0, 0.1) is 31.8 Å². The molecule has 0 saturated heterocycles. The Morgan fingerprint density at radius 3 is 2.30 bits per heavy atom. The molecule has 0 aliphatic rings. The maximum Gasteiger partial charge on any atom is 0.401 e. The number of hydrogen-bond donors (Lipinski definition) is 2. The van der Waals surface area contributed by atoms with E-state index in [2.05, 4.69) is 43.0 Å². The molecule has 0 radical (unpaired) electrons. The van der Waals surface area contributed by atoms with Crippen molar-refractivity contribution in [2.24, 2.45) is 0 Å². The summed E-state index contributed by atoms with van der Waals surface area (Å²) in [4.78, 5) is 17.3. The number of aromatic amines is 2. The number of H-pyrrole nitrogens is 2. The number of hydrogen-bond acceptors (Lipinski definition) is 3. The minimum atomic E-state index is -4.44. The predicted molar refractivity (Wildman–Crippen MR) is 160 cm³/mol. The molecule has 0 fully saturated rings. The smallest absolute Gasteiger partial charge is 0.348 e. The fraction of sp³-hybridized carbons (Fsp3) is 0.176. The first-order valence-corrected chi connectivity index (χ1v) is 13.5. The van der Waals surface area contributed by atoms with Gasteiger partial charge < -0.3 is 14.8 Å². The van der Waals surface area contributed by atoms with Crippen LogP contribution in [0.15, 0.2) is 85.5 Å². The third kappa shape index (κ3) is 6.42. The van der Waals surface area contributed by atoms with Crippen LogP contribution in [0.25, 0.3) is 26.4 Å². The molecule has 6 aromatic rings. The quantitative estimate of drug-likeness (QED) is 0.202. The van der Waals surface area contributed by atoms with Gasteiger partial charge in [0.15, 0.2) is 0 Å². The molecule has 1 atom stereocenters. The van der Waals surface area contributed by atoms with Gasteiger partial charge in [0.1, 0.15) is 5.92 Å². The molecule has 0 unspecified atom stereocenters. The van der Waals surface area contributed by atoms with Gasteiger partial charge >= 0.3 is 6.18 Å². The molecule has 4 aromatic carbocycles. The summed E-state index contributed by atoms with van der Waals surface area (Å²) in [6.45, 7) is 10.7. The van der Waals surface area contributed by atoms with E-state index in [1.165, 1.54) is 24.0 Å². The number of nitrogens with zero attached hydrogens (tertiary/aromatic N) is 4. The molecule has 0 spiro atoms. The van der Waals surface area contributed by atoms with E-state index in [1.807, 2.05) is 43.3 Å². The molecular weight excluding hydrogens is 549 g/mol. The summed E-state index contributed by atoms with van der Waals surface area (Å²) in [6, 6.07) is 24.3. The number of alkyl halides is 3. The lowest BCUT2D eigenvalue weighted by molar-refractivity contribution is -0.141. The first-order valence-electron chi connectivity index (χ1n) is 13.5. The molecular formula is C34H27F3N6. The largest absolute Gasteiger partial charge is 0.401 e. The Bertz CT molecular complexity index is 1990. The molecule has 214 valence electrons. The van der Waals surface area contributed by atoms with Crippen LogP contribution in [0.5, 0.6) is 0 Å². The van der Waals surface area contributed by atoms with Crippen LogP contribution in [0.3, 0.4) is 0 Å². The Balaban J connectivity index is 0.000000176. The summed E-state index contributed by atoms with van der Waals surface area (Å²) in [5.41, 5.74) is 5.35. The zero-order chi connectivity index (χ0) is 30.6. The van der Waals surface area contributed by atoms with Gasteiger partial charge in [-0.2, -0.15) is 18.4 Å². The van der Waals surface area contributed by atoms with Crippen molar-refractivity contribution in [1.82, 2.24) is 19.9 Å². The van der Waals surface area contributed by atoms with Crippen molar-refractivity contribution in [3.8, 4) is 6.07 Å². The Morgan fingerprint density at radius 2 is 1.63 bits per heavy atom. The third-order valence-corrected chi connectivity index (χ3v) is 7.39. The normalized spacial score (nSPS) is 11.9. The number of imidazole rings is 2. The predicted octanol–water partition coefficient (Wildman–Crippen LogP) is 8.32. The summed E-state index contributed by atoms with van der Waals surface area (Å²) in [7, 11) is 0. The van der Waals surface area contributed by atoms with Crippen LogP contribution in [-0.4, -0.2) is 26.1 Å². The molecule has 6 rings (SSSR count). The van der Waals surface area contributed by atoms with E-state index in [4.69, 9.17) is 11.8 Å². The van der Waals surface area contributed by atoms with Gasteiger partial charge in [-0.15, -0.1) is 0 Å². The molecule has 2 N–H and O–H groups in total. The van der Waals surface area contributed by atoms with Crippen LogP contribution in [0.1, 0.15) is 50.9 Å². The number of aromatic nitrogens is 4. The summed E-state index contributed by atoms with van der Waals surface area (Å²) in [5.74, 6) is -1.78. The zero-order valence-corrected chi connectivity index (χ0v) is 23.5. The van der Waals surface area contributed by atoms with E-state index in [1.54, 1.807) is 25.4 Å². The standard InChI is InChI=1S/C18H14F3N3.C16H13N3/c1-11-17(24-10-23-11)16(18(19,20)21)14-6-5-13-4-3-12(9-22-2)7-15(13)8-14;1-11-16(19-10-18-11)8-14-4-2-3-13-6-5-12(9-17)7-15(13)14/h3-8,10,16H,9H2,1H3,(H,23,24);2-7,10H,8H2,1H3,(H,18,19)/t16-;/m1./s1. The van der Waals surface area contributed by atoms with Gasteiger partial charge in [0.05, 0.1) is 35.7 Å². The number of aryl methyl sites for hydroxylation is 2. The number of halogens is 3. The average Bonchev–Trinajstić information content (AvgIpc) is 3.59. The number of nitriles is 1. The lowest BCUT2D eigenvalue weighted by Crippen LogP contribution is -2.23. The Morgan fingerprint density at radius 1 is 0.884 bits per heavy atom. The SMILES string of the molecule is Cc1[nH]cnc1Cc1cccc2ccc(C#N)cc12.[C-]#[N+]Cc1ccc2ccc([C@H](c3nc[nH]c3C)C(F)(F)F)cc2c1. The van der Waals surface area contributed by atoms with Gasteiger partial charge in [-0.05, 0) is 64.7 Å². The minimum Gasteiger partial charge on any atom is -0.348 e. The number of benzene rings is 4. The number of fused-ring (bicyclic) bond motifs is 2. The molecule has 0 aliphatic heterocycles. The molecule has 0 saturated carbocycles. The lowest BCUT2D eigenvalue weighted by atomic mass is 9.91. The maximum absolute atomic E-state index is 13.7. The molecule has 0 amide bonds. The van der Waals surface area contributed by atoms with Crippen molar-refractivity contribution >= 4 is 21.5 Å². The second-order valence-electron chi connectivity index (χ2n) is 10.3. The first-order chi connectivity index (χ1) is 20.7. The number of nitrogens with one attached hydrogen (secondary N) is 2. The van der Waals surface area contributed by atoms with Gasteiger partial charge in [-0.1, -0.05) is 54.6 Å². The highest BCUT2D eigenvalue weighted by atomic mass is 19.4. The van der Waals surface area contributed by atoms with Crippen LogP contribution in [0.4, 0.5) is 13.2 Å². The summed E-state index contributed by atoms with van der Waals surface area (Å²) in [6.07, 6.45) is -0.669. The first kappa shape index (κ1) is 29.1. The highest BCUT2D eigenvalue weighted by molar-refractivity contribution is 5.87. The van der Waals surface area contributed by atoms with Crippen molar-refractivity contribution < 1.29 is 13.2 Å². The fourth-order valence-electron chi connectivity index (χ4n) is 5.15. The third-order valence-electron chi connectivity index (χ3n) is 7.39. The summed E-state index contributed by atoms with van der Waals surface area (Å²) < 4.78 is 41.0. The van der Waals surface area contributed by atoms with Gasteiger partial charge in [0, 0.05) is 23.4 Å². The Labute approximate surface area is 246 Å². The van der Waals surface area contributed by atoms with E-state index in [9.17, 15) is 13.2 Å². The van der Waals surface area contributed by atoms with Crippen molar-refractivity contribution in [3.63, 3.8) is 0 Å². The lowest BCUT2D eigenvalue weighted by Gasteiger charge is -2.20. The van der Waals surface area contributed by atoms with E-state index in [0.717, 1.165) is 39.5 Å². The van der Waals surface area contributed by atoms with Crippen LogP contribution in [-0.2, 0) is 13.0 Å². The highest BCUT2D eigenvalue weighted by Gasteiger charge is 2.44. The Kier molecular flexibility index (Phi) is 8.27. The molecule has 43 heavy (non-hydrogen) atoms. The fourth-order valence-corrected chi connectivity index (χ4v) is 5.15. The van der Waals surface area contributed by atoms with Crippen LogP contribution in [0.2, 0.25) is 0 Å². The van der Waals surface area contributed by atoms with Crippen LogP contribution < -0.4 is 0 Å². The number of rotatable bonds is 5. The van der Waals surface area contributed by atoms with Crippen LogP contribution >= 0.6 is 0 Å². The topological polar surface area (TPSA) is 85.5 Å². The van der Waals surface area contributed by atoms with Crippen molar-refractivity contribution in [2.75, 3.05) is 0 Å². The van der Waals surface area contributed by atoms with E-state index >= 15 is 0 Å². The molecule has 2 aromatic heterocycles. The Hall–Kier alpha value is -5.41. The maximum atomic E-state index is 13.7. The molecule has 2 heterocycles. The van der Waals surface area contributed by atoms with E-state index < -0.39 is 12.1 Å². The molecule has 0 aliphatic carbocycles. The average molecular weight is 577 g/mol. The van der Waals surface area contributed by atoms with Gasteiger partial charge in [0.2, 0.25) is 6.54 Å². The van der Waals surface area contributed by atoms with Gasteiger partial charge in [-0.25, -0.2) is 16.5 Å². The van der Waals surface area contributed by atoms with Gasteiger partial charge in [0.25, 0.3) is 0 Å². The highest BCUT2D eigenvalue weighted by Crippen LogP contribution is 2.41. The minimum absolute atomic E-state index is 0.0147. The second kappa shape index (κ2) is 12.2. The van der Waals surface area contributed by atoms with E-state index in [0.29, 0.717) is 16.6 Å². The summed E-state index contributed by atoms with van der Waals surface area (Å²) in [5, 5.41) is 12.8. The zero-order valence-electron chi connectivity index (χ0n) is 23.5. The summed E-state index contributed by atoms with van der Waals surface area (Å²) >= 11 is 0. The molecule has 0 bridgehead atoms. The van der Waals surface area contributed by atoms with Crippen molar-refractivity contribution in [1.29, 1.82) is 5.26 Å².